The summed E-state index contributed by atoms with van der Waals surface area (Å²) >= 11 is 6.77. The van der Waals surface area contributed by atoms with E-state index in [0.29, 0.717) is 10.8 Å². The summed E-state index contributed by atoms with van der Waals surface area (Å²) in [4.78, 5) is 0. The van der Waals surface area contributed by atoms with Crippen LogP contribution in [-0.2, 0) is 6.42 Å². The van der Waals surface area contributed by atoms with Gasteiger partial charge < -0.3 is 0 Å². The Bertz CT molecular complexity index is 402. The minimum absolute atomic E-state index is 0.298. The van der Waals surface area contributed by atoms with Gasteiger partial charge in [-0.1, -0.05) is 38.0 Å². The third-order valence-corrected chi connectivity index (χ3v) is 5.57. The fourth-order valence-corrected chi connectivity index (χ4v) is 3.87. The molecule has 1 aliphatic rings. The normalized spacial score (nSPS) is 20.0. The fourth-order valence-electron chi connectivity index (χ4n) is 3.32. The predicted octanol–water partition coefficient (Wildman–Crippen LogP) is 5.42. The van der Waals surface area contributed by atoms with Crippen LogP contribution in [0.2, 0.25) is 0 Å². The van der Waals surface area contributed by atoms with Crippen molar-refractivity contribution < 1.29 is 0 Å². The second-order valence-corrected chi connectivity index (χ2v) is 6.54. The Balaban J connectivity index is 2.10. The number of halogens is 1. The largest absolute Gasteiger partial charge is 0.122 e. The standard InChI is InChI=1S/C17H25Cl/c1-4-17(9-5-6-10-17)16(18)12-15-8-7-13(2)14(3)11-15/h7-8,11,16H,4-6,9-10,12H2,1-3H3. The van der Waals surface area contributed by atoms with Crippen molar-refractivity contribution in [3.05, 3.63) is 34.9 Å². The molecule has 1 unspecified atom stereocenters. The summed E-state index contributed by atoms with van der Waals surface area (Å²) in [6.45, 7) is 6.66. The molecule has 1 aliphatic carbocycles. The van der Waals surface area contributed by atoms with Crippen LogP contribution in [0.1, 0.15) is 55.7 Å². The number of hydrogen-bond acceptors (Lipinski definition) is 0. The van der Waals surface area contributed by atoms with Gasteiger partial charge >= 0.3 is 0 Å². The molecule has 0 bridgehead atoms. The molecule has 0 N–H and O–H groups in total. The monoisotopic (exact) mass is 264 g/mol. The summed E-state index contributed by atoms with van der Waals surface area (Å²) in [7, 11) is 0. The smallest absolute Gasteiger partial charge is 0.0432 e. The molecule has 0 heterocycles. The molecule has 1 aromatic rings. The number of hydrogen-bond donors (Lipinski definition) is 0. The van der Waals surface area contributed by atoms with Gasteiger partial charge in [0.25, 0.3) is 0 Å². The van der Waals surface area contributed by atoms with Crippen molar-refractivity contribution >= 4 is 11.6 Å². The zero-order valence-corrected chi connectivity index (χ0v) is 12.7. The van der Waals surface area contributed by atoms with Gasteiger partial charge in [-0.25, -0.2) is 0 Å². The highest BCUT2D eigenvalue weighted by Crippen LogP contribution is 2.47. The number of benzene rings is 1. The lowest BCUT2D eigenvalue weighted by molar-refractivity contribution is 0.267. The molecule has 0 radical (unpaired) electrons. The quantitative estimate of drug-likeness (QED) is 0.637. The summed E-state index contributed by atoms with van der Waals surface area (Å²) in [5.41, 5.74) is 4.56. The van der Waals surface area contributed by atoms with Crippen LogP contribution in [0.3, 0.4) is 0 Å². The summed E-state index contributed by atoms with van der Waals surface area (Å²) < 4.78 is 0. The topological polar surface area (TPSA) is 0 Å². The molecule has 1 saturated carbocycles. The van der Waals surface area contributed by atoms with Crippen LogP contribution in [0.4, 0.5) is 0 Å². The molecule has 0 nitrogen and oxygen atoms in total. The van der Waals surface area contributed by atoms with Gasteiger partial charge in [-0.3, -0.25) is 0 Å². The maximum absolute atomic E-state index is 6.77. The van der Waals surface area contributed by atoms with Crippen LogP contribution in [0.15, 0.2) is 18.2 Å². The lowest BCUT2D eigenvalue weighted by atomic mass is 9.77. The number of aryl methyl sites for hydroxylation is 2. The maximum atomic E-state index is 6.77. The van der Waals surface area contributed by atoms with E-state index in [1.165, 1.54) is 48.8 Å². The van der Waals surface area contributed by atoms with E-state index >= 15 is 0 Å². The molecule has 0 aromatic heterocycles. The second kappa shape index (κ2) is 5.65. The first-order chi connectivity index (χ1) is 8.57. The average Bonchev–Trinajstić information content (AvgIpc) is 2.84. The Labute approximate surface area is 117 Å². The van der Waals surface area contributed by atoms with E-state index in [9.17, 15) is 0 Å². The Morgan fingerprint density at radius 1 is 1.17 bits per heavy atom. The van der Waals surface area contributed by atoms with Gasteiger partial charge in [0.2, 0.25) is 0 Å². The van der Waals surface area contributed by atoms with Gasteiger partial charge in [-0.05, 0) is 61.6 Å². The Kier molecular flexibility index (Phi) is 4.37. The minimum Gasteiger partial charge on any atom is -0.122 e. The van der Waals surface area contributed by atoms with Crippen molar-refractivity contribution in [2.24, 2.45) is 5.41 Å². The van der Waals surface area contributed by atoms with E-state index in [-0.39, 0.29) is 0 Å². The van der Waals surface area contributed by atoms with Gasteiger partial charge in [0.15, 0.2) is 0 Å². The van der Waals surface area contributed by atoms with Gasteiger partial charge in [0, 0.05) is 5.38 Å². The van der Waals surface area contributed by atoms with Crippen LogP contribution in [0, 0.1) is 19.3 Å². The van der Waals surface area contributed by atoms with E-state index in [4.69, 9.17) is 11.6 Å². The summed E-state index contributed by atoms with van der Waals surface area (Å²) in [6.07, 6.45) is 7.63. The van der Waals surface area contributed by atoms with Crippen LogP contribution < -0.4 is 0 Å². The van der Waals surface area contributed by atoms with Crippen molar-refractivity contribution in [3.63, 3.8) is 0 Å². The van der Waals surface area contributed by atoms with Crippen molar-refractivity contribution in [2.45, 2.75) is 64.7 Å². The highest BCUT2D eigenvalue weighted by molar-refractivity contribution is 6.21. The SMILES string of the molecule is CCC1(C(Cl)Cc2ccc(C)c(C)c2)CCCC1. The van der Waals surface area contributed by atoms with Crippen LogP contribution in [0.5, 0.6) is 0 Å². The molecule has 0 amide bonds. The maximum Gasteiger partial charge on any atom is 0.0432 e. The molecule has 0 saturated heterocycles. The highest BCUT2D eigenvalue weighted by Gasteiger charge is 2.38. The van der Waals surface area contributed by atoms with Crippen LogP contribution in [0.25, 0.3) is 0 Å². The number of alkyl halides is 1. The van der Waals surface area contributed by atoms with Crippen molar-refractivity contribution in [1.82, 2.24) is 0 Å². The van der Waals surface area contributed by atoms with Crippen molar-refractivity contribution in [1.29, 1.82) is 0 Å². The first-order valence-electron chi connectivity index (χ1n) is 7.27. The number of rotatable bonds is 4. The van der Waals surface area contributed by atoms with E-state index < -0.39 is 0 Å². The minimum atomic E-state index is 0.298. The second-order valence-electron chi connectivity index (χ2n) is 6.01. The van der Waals surface area contributed by atoms with Crippen molar-refractivity contribution in [3.8, 4) is 0 Å². The van der Waals surface area contributed by atoms with E-state index in [1.807, 2.05) is 0 Å². The first kappa shape index (κ1) is 13.9. The van der Waals surface area contributed by atoms with E-state index in [2.05, 4.69) is 39.0 Å². The molecule has 1 fully saturated rings. The third-order valence-electron chi connectivity index (χ3n) is 4.95. The zero-order chi connectivity index (χ0) is 13.2. The Hall–Kier alpha value is -0.490. The summed E-state index contributed by atoms with van der Waals surface area (Å²) in [5, 5.41) is 0.298. The third kappa shape index (κ3) is 2.74. The fraction of sp³-hybridized carbons (Fsp3) is 0.647. The molecule has 18 heavy (non-hydrogen) atoms. The molecule has 1 heteroatoms. The average molecular weight is 265 g/mol. The molecule has 0 spiro atoms. The zero-order valence-electron chi connectivity index (χ0n) is 11.9. The van der Waals surface area contributed by atoms with Gasteiger partial charge in [-0.15, -0.1) is 11.6 Å². The molecule has 1 atom stereocenters. The van der Waals surface area contributed by atoms with Gasteiger partial charge in [0.05, 0.1) is 0 Å². The van der Waals surface area contributed by atoms with Crippen molar-refractivity contribution in [2.75, 3.05) is 0 Å². The van der Waals surface area contributed by atoms with Gasteiger partial charge in [0.1, 0.15) is 0 Å². The van der Waals surface area contributed by atoms with Gasteiger partial charge in [-0.2, -0.15) is 0 Å². The van der Waals surface area contributed by atoms with E-state index in [0.717, 1.165) is 6.42 Å². The molecule has 0 aliphatic heterocycles. The molecular formula is C17H25Cl. The van der Waals surface area contributed by atoms with Crippen LogP contribution in [-0.4, -0.2) is 5.38 Å². The highest BCUT2D eigenvalue weighted by atomic mass is 35.5. The molecular weight excluding hydrogens is 240 g/mol. The summed E-state index contributed by atoms with van der Waals surface area (Å²) in [6, 6.07) is 6.78. The predicted molar refractivity (Wildman–Crippen MR) is 80.5 cm³/mol. The van der Waals surface area contributed by atoms with E-state index in [1.54, 1.807) is 0 Å². The lowest BCUT2D eigenvalue weighted by Crippen LogP contribution is -2.29. The Morgan fingerprint density at radius 2 is 1.83 bits per heavy atom. The molecule has 1 aromatic carbocycles. The van der Waals surface area contributed by atoms with Crippen LogP contribution >= 0.6 is 11.6 Å². The molecule has 2 rings (SSSR count). The first-order valence-corrected chi connectivity index (χ1v) is 7.71. The molecule has 100 valence electrons. The summed E-state index contributed by atoms with van der Waals surface area (Å²) in [5.74, 6) is 0. The Morgan fingerprint density at radius 3 is 2.39 bits per heavy atom. The lowest BCUT2D eigenvalue weighted by Gasteiger charge is -2.33.